The first kappa shape index (κ1) is 25.1. The van der Waals surface area contributed by atoms with Crippen LogP contribution in [0, 0.1) is 17.3 Å². The van der Waals surface area contributed by atoms with Crippen LogP contribution in [0.25, 0.3) is 0 Å². The molecule has 0 heterocycles. The number of ether oxygens (including phenoxy) is 3. The first-order valence-corrected chi connectivity index (χ1v) is 10.3. The molecule has 0 aliphatic heterocycles. The summed E-state index contributed by atoms with van der Waals surface area (Å²) in [5.74, 6) is -0.0282. The van der Waals surface area contributed by atoms with Gasteiger partial charge < -0.3 is 14.2 Å². The van der Waals surface area contributed by atoms with Crippen LogP contribution in [-0.2, 0) is 28.6 Å². The van der Waals surface area contributed by atoms with Gasteiger partial charge in [0.2, 0.25) is 0 Å². The fraction of sp³-hybridized carbons (Fsp3) is 0.696. The SMILES string of the molecule is COCC(C)(C)CC=C[C@H]1CCC(=O)[C@@H]1CCCCC(=CC(=O)OC)OC(C)=O. The smallest absolute Gasteiger partial charge is 0.333 e. The summed E-state index contributed by atoms with van der Waals surface area (Å²) in [6.45, 7) is 6.34. The minimum absolute atomic E-state index is 0.0542. The molecular weight excluding hydrogens is 372 g/mol. The van der Waals surface area contributed by atoms with Crippen LogP contribution < -0.4 is 0 Å². The van der Waals surface area contributed by atoms with E-state index in [0.717, 1.165) is 32.1 Å². The summed E-state index contributed by atoms with van der Waals surface area (Å²) < 4.78 is 14.9. The molecule has 0 aromatic carbocycles. The molecule has 0 unspecified atom stereocenters. The fourth-order valence-corrected chi connectivity index (χ4v) is 3.74. The molecule has 0 N–H and O–H groups in total. The Labute approximate surface area is 174 Å². The molecule has 2 atom stereocenters. The number of allylic oxidation sites excluding steroid dienone is 3. The summed E-state index contributed by atoms with van der Waals surface area (Å²) in [7, 11) is 2.99. The predicted molar refractivity (Wildman–Crippen MR) is 111 cm³/mol. The highest BCUT2D eigenvalue weighted by molar-refractivity contribution is 5.84. The minimum Gasteiger partial charge on any atom is -0.466 e. The summed E-state index contributed by atoms with van der Waals surface area (Å²) in [6, 6.07) is 0. The van der Waals surface area contributed by atoms with Crippen molar-refractivity contribution in [1.29, 1.82) is 0 Å². The lowest BCUT2D eigenvalue weighted by atomic mass is 9.87. The maximum absolute atomic E-state index is 12.3. The van der Waals surface area contributed by atoms with E-state index in [2.05, 4.69) is 30.7 Å². The third kappa shape index (κ3) is 9.88. The molecule has 0 aromatic heterocycles. The number of carbonyl (C=O) groups excluding carboxylic acids is 3. The zero-order valence-corrected chi connectivity index (χ0v) is 18.5. The minimum atomic E-state index is -0.547. The number of carbonyl (C=O) groups is 3. The highest BCUT2D eigenvalue weighted by atomic mass is 16.5. The van der Waals surface area contributed by atoms with Crippen molar-refractivity contribution in [3.63, 3.8) is 0 Å². The lowest BCUT2D eigenvalue weighted by Gasteiger charge is -2.22. The molecule has 164 valence electrons. The second-order valence-electron chi connectivity index (χ2n) is 8.48. The molecule has 6 heteroatoms. The molecule has 0 aromatic rings. The first-order chi connectivity index (χ1) is 13.7. The molecule has 0 radical (unpaired) electrons. The van der Waals surface area contributed by atoms with Crippen LogP contribution in [0.4, 0.5) is 0 Å². The van der Waals surface area contributed by atoms with Crippen molar-refractivity contribution in [3.05, 3.63) is 24.0 Å². The van der Waals surface area contributed by atoms with Crippen LogP contribution in [0.1, 0.15) is 65.7 Å². The molecule has 0 amide bonds. The highest BCUT2D eigenvalue weighted by Gasteiger charge is 2.32. The Kier molecular flexibility index (Phi) is 10.9. The second-order valence-corrected chi connectivity index (χ2v) is 8.48. The molecule has 1 rings (SSSR count). The zero-order chi connectivity index (χ0) is 21.9. The van der Waals surface area contributed by atoms with Crippen molar-refractivity contribution in [2.24, 2.45) is 17.3 Å². The maximum atomic E-state index is 12.3. The van der Waals surface area contributed by atoms with Crippen LogP contribution in [0.2, 0.25) is 0 Å². The number of hydrogen-bond acceptors (Lipinski definition) is 6. The Morgan fingerprint density at radius 2 is 1.93 bits per heavy atom. The van der Waals surface area contributed by atoms with Gasteiger partial charge in [0.05, 0.1) is 19.8 Å². The van der Waals surface area contributed by atoms with Crippen molar-refractivity contribution in [3.8, 4) is 0 Å². The van der Waals surface area contributed by atoms with E-state index in [4.69, 9.17) is 9.47 Å². The molecular formula is C23H36O6. The highest BCUT2D eigenvalue weighted by Crippen LogP contribution is 2.34. The van der Waals surface area contributed by atoms with Crippen LogP contribution in [0.3, 0.4) is 0 Å². The van der Waals surface area contributed by atoms with Crippen LogP contribution >= 0.6 is 0 Å². The van der Waals surface area contributed by atoms with Gasteiger partial charge in [0, 0.05) is 32.8 Å². The summed E-state index contributed by atoms with van der Waals surface area (Å²) in [5, 5.41) is 0. The Bertz CT molecular complexity index is 617. The van der Waals surface area contributed by atoms with Gasteiger partial charge in [0.25, 0.3) is 0 Å². The van der Waals surface area contributed by atoms with Crippen molar-refractivity contribution in [1.82, 2.24) is 0 Å². The molecule has 0 spiro atoms. The van der Waals surface area contributed by atoms with Crippen molar-refractivity contribution >= 4 is 17.7 Å². The van der Waals surface area contributed by atoms with Gasteiger partial charge in [-0.25, -0.2) is 4.79 Å². The van der Waals surface area contributed by atoms with Crippen LogP contribution in [0.5, 0.6) is 0 Å². The summed E-state index contributed by atoms with van der Waals surface area (Å²) in [4.78, 5) is 34.9. The number of esters is 2. The largest absolute Gasteiger partial charge is 0.466 e. The molecule has 1 saturated carbocycles. The lowest BCUT2D eigenvalue weighted by Crippen LogP contribution is -2.17. The van der Waals surface area contributed by atoms with E-state index in [1.165, 1.54) is 20.1 Å². The average Bonchev–Trinajstić information content (AvgIpc) is 2.97. The van der Waals surface area contributed by atoms with Gasteiger partial charge in [-0.3, -0.25) is 9.59 Å². The summed E-state index contributed by atoms with van der Waals surface area (Å²) in [5.41, 5.74) is 0.0858. The normalized spacial score (nSPS) is 20.3. The van der Waals surface area contributed by atoms with Gasteiger partial charge in [-0.1, -0.05) is 32.4 Å². The predicted octanol–water partition coefficient (Wildman–Crippen LogP) is 4.38. The molecule has 0 saturated heterocycles. The van der Waals surface area contributed by atoms with Gasteiger partial charge in [-0.15, -0.1) is 0 Å². The van der Waals surface area contributed by atoms with E-state index < -0.39 is 11.9 Å². The second kappa shape index (κ2) is 12.6. The molecule has 0 bridgehead atoms. The van der Waals surface area contributed by atoms with Gasteiger partial charge in [-0.05, 0) is 37.0 Å². The molecule has 6 nitrogen and oxygen atoms in total. The maximum Gasteiger partial charge on any atom is 0.333 e. The molecule has 1 aliphatic carbocycles. The van der Waals surface area contributed by atoms with Gasteiger partial charge in [0.1, 0.15) is 11.5 Å². The van der Waals surface area contributed by atoms with Crippen molar-refractivity contribution in [2.75, 3.05) is 20.8 Å². The Morgan fingerprint density at radius 1 is 1.21 bits per heavy atom. The number of unbranched alkanes of at least 4 members (excludes halogenated alkanes) is 1. The average molecular weight is 409 g/mol. The number of ketones is 1. The first-order valence-electron chi connectivity index (χ1n) is 10.3. The fourth-order valence-electron chi connectivity index (χ4n) is 3.74. The summed E-state index contributed by atoms with van der Waals surface area (Å²) >= 11 is 0. The molecule has 29 heavy (non-hydrogen) atoms. The van der Waals surface area contributed by atoms with E-state index in [9.17, 15) is 14.4 Å². The van der Waals surface area contributed by atoms with E-state index >= 15 is 0 Å². The van der Waals surface area contributed by atoms with Gasteiger partial charge in [-0.2, -0.15) is 0 Å². The Morgan fingerprint density at radius 3 is 2.55 bits per heavy atom. The van der Waals surface area contributed by atoms with E-state index in [1.807, 2.05) is 0 Å². The zero-order valence-electron chi connectivity index (χ0n) is 18.5. The number of Topliss-reactive ketones (excluding diaryl/α,β-unsaturated/α-hetero) is 1. The summed E-state index contributed by atoms with van der Waals surface area (Å²) in [6.07, 6.45) is 10.9. The monoisotopic (exact) mass is 408 g/mol. The number of methoxy groups -OCH3 is 2. The number of rotatable bonds is 12. The van der Waals surface area contributed by atoms with Crippen molar-refractivity contribution < 1.29 is 28.6 Å². The van der Waals surface area contributed by atoms with E-state index in [0.29, 0.717) is 36.9 Å². The van der Waals surface area contributed by atoms with Crippen molar-refractivity contribution in [2.45, 2.75) is 65.7 Å². The van der Waals surface area contributed by atoms with E-state index in [1.54, 1.807) is 7.11 Å². The Hall–Kier alpha value is -1.95. The number of hydrogen-bond donors (Lipinski definition) is 0. The quantitative estimate of drug-likeness (QED) is 0.157. The van der Waals surface area contributed by atoms with Crippen LogP contribution in [-0.4, -0.2) is 38.5 Å². The topological polar surface area (TPSA) is 78.9 Å². The van der Waals surface area contributed by atoms with Crippen LogP contribution in [0.15, 0.2) is 24.0 Å². The van der Waals surface area contributed by atoms with E-state index in [-0.39, 0.29) is 11.3 Å². The lowest BCUT2D eigenvalue weighted by molar-refractivity contribution is -0.137. The van der Waals surface area contributed by atoms with Gasteiger partial charge >= 0.3 is 11.9 Å². The molecule has 1 fully saturated rings. The Balaban J connectivity index is 2.53. The van der Waals surface area contributed by atoms with Gasteiger partial charge in [0.15, 0.2) is 0 Å². The molecule has 1 aliphatic rings. The third-order valence-electron chi connectivity index (χ3n) is 5.19. The third-order valence-corrected chi connectivity index (χ3v) is 5.19. The standard InChI is InChI=1S/C23H36O6/c1-17(24)29-19(15-22(26)28-5)10-6-7-11-20-18(12-13-21(20)25)9-8-14-23(2,3)16-27-4/h8-9,15,18,20H,6-7,10-14,16H2,1-5H3/t18-,20+/m0/s1.